The number of nitrogens with zero attached hydrogens (tertiary/aromatic N) is 2. The van der Waals surface area contributed by atoms with Crippen molar-refractivity contribution in [3.05, 3.63) is 45.5 Å². The Labute approximate surface area is 113 Å². The van der Waals surface area contributed by atoms with Gasteiger partial charge in [-0.25, -0.2) is 15.8 Å². The minimum Gasteiger partial charge on any atom is -0.269 e. The van der Waals surface area contributed by atoms with Crippen molar-refractivity contribution in [1.82, 2.24) is 15.8 Å². The van der Waals surface area contributed by atoms with E-state index < -0.39 is 35.0 Å². The first kappa shape index (κ1) is 12.7. The number of fused-ring (bicyclic) bond motifs is 1. The van der Waals surface area contributed by atoms with Crippen molar-refractivity contribution in [1.29, 1.82) is 0 Å². The molecule has 2 aliphatic heterocycles. The molecule has 0 saturated carbocycles. The van der Waals surface area contributed by atoms with Crippen molar-refractivity contribution >= 4 is 11.8 Å². The molecule has 0 bridgehead atoms. The normalized spacial score (nSPS) is 28.9. The van der Waals surface area contributed by atoms with E-state index in [1.165, 1.54) is 0 Å². The molecule has 0 radical (unpaired) electrons. The molecular formula is C12H12N4O4. The zero-order chi connectivity index (χ0) is 14.4. The quantitative estimate of drug-likeness (QED) is 0.438. The SMILES string of the molecule is CC1NNC(N2C(=O)c3ccccc3C2=O)C1[N+](=O)[O-]. The Morgan fingerprint density at radius 2 is 1.70 bits per heavy atom. The third kappa shape index (κ3) is 1.62. The molecule has 1 saturated heterocycles. The van der Waals surface area contributed by atoms with Crippen molar-refractivity contribution in [2.45, 2.75) is 25.2 Å². The second kappa shape index (κ2) is 4.36. The number of nitro groups is 1. The maximum absolute atomic E-state index is 12.3. The van der Waals surface area contributed by atoms with E-state index in [4.69, 9.17) is 0 Å². The summed E-state index contributed by atoms with van der Waals surface area (Å²) in [6.07, 6.45) is -0.993. The Morgan fingerprint density at radius 1 is 1.15 bits per heavy atom. The van der Waals surface area contributed by atoms with Crippen molar-refractivity contribution in [3.63, 3.8) is 0 Å². The van der Waals surface area contributed by atoms with Gasteiger partial charge in [-0.15, -0.1) is 0 Å². The van der Waals surface area contributed by atoms with E-state index in [-0.39, 0.29) is 11.1 Å². The smallest absolute Gasteiger partial charge is 0.263 e. The van der Waals surface area contributed by atoms with Crippen LogP contribution in [0.2, 0.25) is 0 Å². The van der Waals surface area contributed by atoms with Gasteiger partial charge in [-0.05, 0) is 19.1 Å². The molecule has 8 nitrogen and oxygen atoms in total. The lowest BCUT2D eigenvalue weighted by atomic mass is 10.1. The van der Waals surface area contributed by atoms with Gasteiger partial charge in [0.2, 0.25) is 0 Å². The third-order valence-electron chi connectivity index (χ3n) is 3.64. The Kier molecular flexibility index (Phi) is 2.77. The van der Waals surface area contributed by atoms with E-state index in [9.17, 15) is 19.7 Å². The first-order valence-electron chi connectivity index (χ1n) is 6.14. The molecule has 0 spiro atoms. The van der Waals surface area contributed by atoms with Crippen LogP contribution in [0.4, 0.5) is 0 Å². The van der Waals surface area contributed by atoms with E-state index in [2.05, 4.69) is 10.9 Å². The van der Waals surface area contributed by atoms with E-state index >= 15 is 0 Å². The first-order valence-corrected chi connectivity index (χ1v) is 6.14. The summed E-state index contributed by atoms with van der Waals surface area (Å²) in [6, 6.07) is 4.82. The fourth-order valence-electron chi connectivity index (χ4n) is 2.64. The molecule has 104 valence electrons. The first-order chi connectivity index (χ1) is 9.52. The molecule has 20 heavy (non-hydrogen) atoms. The summed E-state index contributed by atoms with van der Waals surface area (Å²) in [7, 11) is 0. The van der Waals surface area contributed by atoms with Crippen LogP contribution in [0.25, 0.3) is 0 Å². The van der Waals surface area contributed by atoms with Crippen LogP contribution in [0, 0.1) is 10.1 Å². The van der Waals surface area contributed by atoms with Crippen molar-refractivity contribution in [2.75, 3.05) is 0 Å². The average molecular weight is 276 g/mol. The van der Waals surface area contributed by atoms with Crippen LogP contribution >= 0.6 is 0 Å². The van der Waals surface area contributed by atoms with Crippen LogP contribution in [-0.2, 0) is 0 Å². The highest BCUT2D eigenvalue weighted by Gasteiger charge is 2.52. The van der Waals surface area contributed by atoms with Crippen molar-refractivity contribution in [2.24, 2.45) is 0 Å². The standard InChI is InChI=1S/C12H12N4O4/c1-6-9(16(19)20)10(14-13-6)15-11(17)7-4-2-3-5-8(7)12(15)18/h2-6,9-10,13-14H,1H3. The van der Waals surface area contributed by atoms with Gasteiger partial charge >= 0.3 is 0 Å². The summed E-state index contributed by atoms with van der Waals surface area (Å²) in [5, 5.41) is 11.1. The molecular weight excluding hydrogens is 264 g/mol. The number of amides is 2. The minimum atomic E-state index is -1.09. The summed E-state index contributed by atoms with van der Waals surface area (Å²) >= 11 is 0. The predicted octanol–water partition coefficient (Wildman–Crippen LogP) is -0.250. The van der Waals surface area contributed by atoms with E-state index in [1.54, 1.807) is 31.2 Å². The number of rotatable bonds is 2. The molecule has 2 heterocycles. The minimum absolute atomic E-state index is 0.279. The van der Waals surface area contributed by atoms with Gasteiger partial charge in [0.1, 0.15) is 0 Å². The fourth-order valence-corrected chi connectivity index (χ4v) is 2.64. The lowest BCUT2D eigenvalue weighted by molar-refractivity contribution is -0.528. The zero-order valence-corrected chi connectivity index (χ0v) is 10.6. The average Bonchev–Trinajstić information content (AvgIpc) is 2.90. The molecule has 0 aliphatic carbocycles. The summed E-state index contributed by atoms with van der Waals surface area (Å²) in [6.45, 7) is 1.62. The number of imide groups is 1. The van der Waals surface area contributed by atoms with E-state index in [1.807, 2.05) is 0 Å². The van der Waals surface area contributed by atoms with Crippen LogP contribution in [0.1, 0.15) is 27.6 Å². The number of carbonyl (C=O) groups excluding carboxylic acids is 2. The van der Waals surface area contributed by atoms with Crippen LogP contribution < -0.4 is 10.9 Å². The van der Waals surface area contributed by atoms with Gasteiger partial charge in [0.25, 0.3) is 17.9 Å². The number of carbonyl (C=O) groups is 2. The Morgan fingerprint density at radius 3 is 2.20 bits per heavy atom. The maximum atomic E-state index is 12.3. The van der Waals surface area contributed by atoms with Crippen LogP contribution in [-0.4, -0.2) is 39.9 Å². The lowest BCUT2D eigenvalue weighted by Crippen LogP contribution is -2.54. The van der Waals surface area contributed by atoms with Gasteiger partial charge in [-0.3, -0.25) is 19.7 Å². The molecule has 3 rings (SSSR count). The number of nitrogens with one attached hydrogen (secondary N) is 2. The highest BCUT2D eigenvalue weighted by atomic mass is 16.6. The molecule has 2 amide bonds. The Bertz CT molecular complexity index is 582. The maximum Gasteiger partial charge on any atom is 0.263 e. The molecule has 1 aromatic rings. The van der Waals surface area contributed by atoms with Gasteiger partial charge < -0.3 is 0 Å². The van der Waals surface area contributed by atoms with Gasteiger partial charge in [0.05, 0.1) is 17.2 Å². The molecule has 1 fully saturated rings. The molecule has 2 N–H and O–H groups in total. The van der Waals surface area contributed by atoms with E-state index in [0.29, 0.717) is 0 Å². The second-order valence-electron chi connectivity index (χ2n) is 4.82. The highest BCUT2D eigenvalue weighted by Crippen LogP contribution is 2.27. The summed E-state index contributed by atoms with van der Waals surface area (Å²) in [5.41, 5.74) is 5.93. The fraction of sp³-hybridized carbons (Fsp3) is 0.333. The molecule has 0 aromatic heterocycles. The van der Waals surface area contributed by atoms with Crippen molar-refractivity contribution < 1.29 is 14.5 Å². The highest BCUT2D eigenvalue weighted by molar-refractivity contribution is 6.21. The van der Waals surface area contributed by atoms with Gasteiger partial charge in [-0.1, -0.05) is 12.1 Å². The predicted molar refractivity (Wildman–Crippen MR) is 67.2 cm³/mol. The largest absolute Gasteiger partial charge is 0.269 e. The summed E-state index contributed by atoms with van der Waals surface area (Å²) in [5.74, 6) is -1.02. The number of hydrogen-bond acceptors (Lipinski definition) is 6. The van der Waals surface area contributed by atoms with E-state index in [0.717, 1.165) is 4.90 Å². The number of hydrogen-bond donors (Lipinski definition) is 2. The molecule has 8 heteroatoms. The molecule has 1 aromatic carbocycles. The van der Waals surface area contributed by atoms with Gasteiger partial charge in [0.15, 0.2) is 6.17 Å². The van der Waals surface area contributed by atoms with Crippen LogP contribution in [0.5, 0.6) is 0 Å². The molecule has 3 atom stereocenters. The third-order valence-corrected chi connectivity index (χ3v) is 3.64. The Hall–Kier alpha value is -2.32. The Balaban J connectivity index is 1.99. The van der Waals surface area contributed by atoms with Crippen molar-refractivity contribution in [3.8, 4) is 0 Å². The number of benzene rings is 1. The number of hydrazine groups is 1. The summed E-state index contributed by atoms with van der Waals surface area (Å²) < 4.78 is 0. The van der Waals surface area contributed by atoms with Gasteiger partial charge in [0, 0.05) is 4.92 Å². The monoisotopic (exact) mass is 276 g/mol. The molecule has 3 unspecified atom stereocenters. The van der Waals surface area contributed by atoms with Gasteiger partial charge in [-0.2, -0.15) is 0 Å². The van der Waals surface area contributed by atoms with Crippen LogP contribution in [0.3, 0.4) is 0 Å². The second-order valence-corrected chi connectivity index (χ2v) is 4.82. The molecule has 2 aliphatic rings. The topological polar surface area (TPSA) is 105 Å². The zero-order valence-electron chi connectivity index (χ0n) is 10.6. The lowest BCUT2D eigenvalue weighted by Gasteiger charge is -2.22. The summed E-state index contributed by atoms with van der Waals surface area (Å²) in [4.78, 5) is 36.2. The van der Waals surface area contributed by atoms with Crippen LogP contribution in [0.15, 0.2) is 24.3 Å².